The molecule has 1 atom stereocenters. The van der Waals surface area contributed by atoms with E-state index in [1.807, 2.05) is 12.1 Å². The fraction of sp³-hybridized carbons (Fsp3) is 0.467. The first-order valence-electron chi connectivity index (χ1n) is 6.99. The summed E-state index contributed by atoms with van der Waals surface area (Å²) >= 11 is 0. The molecule has 6 heteroatoms. The lowest BCUT2D eigenvalue weighted by Gasteiger charge is -2.18. The van der Waals surface area contributed by atoms with E-state index in [0.29, 0.717) is 12.3 Å². The highest BCUT2D eigenvalue weighted by Gasteiger charge is 2.12. The summed E-state index contributed by atoms with van der Waals surface area (Å²) in [5, 5.41) is 7.08. The van der Waals surface area contributed by atoms with Gasteiger partial charge >= 0.3 is 0 Å². The molecule has 0 bridgehead atoms. The van der Waals surface area contributed by atoms with Crippen LogP contribution in [-0.4, -0.2) is 30.9 Å². The Balaban J connectivity index is 1.99. The van der Waals surface area contributed by atoms with Gasteiger partial charge in [-0.15, -0.1) is 0 Å². The molecule has 1 heterocycles. The molecule has 0 spiro atoms. The Labute approximate surface area is 124 Å². The summed E-state index contributed by atoms with van der Waals surface area (Å²) in [5.74, 6) is 2.12. The Bertz CT molecular complexity index is 543. The van der Waals surface area contributed by atoms with Crippen molar-refractivity contribution in [2.24, 2.45) is 0 Å². The number of benzene rings is 1. The fourth-order valence-corrected chi connectivity index (χ4v) is 2.23. The molecule has 114 valence electrons. The molecule has 6 nitrogen and oxygen atoms in total. The smallest absolute Gasteiger partial charge is 0.227 e. The van der Waals surface area contributed by atoms with Gasteiger partial charge in [0.25, 0.3) is 0 Å². The molecular weight excluding hydrogens is 270 g/mol. The van der Waals surface area contributed by atoms with Crippen LogP contribution in [0.3, 0.4) is 0 Å². The molecule has 0 saturated heterocycles. The number of hydrogen-bond acceptors (Lipinski definition) is 6. The third-order valence-electron chi connectivity index (χ3n) is 3.35. The van der Waals surface area contributed by atoms with Gasteiger partial charge in [-0.3, -0.25) is 0 Å². The molecule has 1 N–H and O–H groups in total. The second-order valence-corrected chi connectivity index (χ2v) is 4.61. The van der Waals surface area contributed by atoms with Gasteiger partial charge < -0.3 is 19.3 Å². The monoisotopic (exact) mass is 291 g/mol. The van der Waals surface area contributed by atoms with Crippen molar-refractivity contribution in [2.75, 3.05) is 20.8 Å². The van der Waals surface area contributed by atoms with Crippen LogP contribution in [0.5, 0.6) is 11.5 Å². The zero-order valence-electron chi connectivity index (χ0n) is 12.6. The first-order valence-corrected chi connectivity index (χ1v) is 6.99. The number of methoxy groups -OCH3 is 2. The van der Waals surface area contributed by atoms with E-state index in [-0.39, 0.29) is 6.04 Å². The molecule has 1 aromatic heterocycles. The average Bonchev–Trinajstić information content (AvgIpc) is 3.04. The summed E-state index contributed by atoms with van der Waals surface area (Å²) in [4.78, 5) is 4.01. The van der Waals surface area contributed by atoms with Crippen molar-refractivity contribution in [1.82, 2.24) is 15.5 Å². The Hall–Kier alpha value is -2.08. The predicted octanol–water partition coefficient (Wildman–Crippen LogP) is 2.37. The second kappa shape index (κ2) is 7.64. The molecule has 0 radical (unpaired) electrons. The minimum absolute atomic E-state index is 0.243. The first-order chi connectivity index (χ1) is 10.3. The Morgan fingerprint density at radius 3 is 2.67 bits per heavy atom. The summed E-state index contributed by atoms with van der Waals surface area (Å²) in [7, 11) is 3.28. The van der Waals surface area contributed by atoms with Gasteiger partial charge in [0.1, 0.15) is 0 Å². The lowest BCUT2D eigenvalue weighted by molar-refractivity contribution is 0.353. The molecule has 0 aliphatic carbocycles. The molecule has 0 aliphatic heterocycles. The van der Waals surface area contributed by atoms with Gasteiger partial charge in [-0.2, -0.15) is 4.98 Å². The van der Waals surface area contributed by atoms with Crippen molar-refractivity contribution in [3.63, 3.8) is 0 Å². The molecule has 0 amide bonds. The normalized spacial score (nSPS) is 12.1. The SMILES string of the molecule is CCC(NCCc1ncno1)c1ccc(OC)c(OC)c1. The number of ether oxygens (including phenoxy) is 2. The standard InChI is InChI=1S/C15H21N3O3/c1-4-12(16-8-7-15-17-10-18-21-15)11-5-6-13(19-2)14(9-11)20-3/h5-6,9-10,12,16H,4,7-8H2,1-3H3. The highest BCUT2D eigenvalue weighted by Crippen LogP contribution is 2.30. The number of nitrogens with zero attached hydrogens (tertiary/aromatic N) is 2. The highest BCUT2D eigenvalue weighted by molar-refractivity contribution is 5.43. The van der Waals surface area contributed by atoms with Gasteiger partial charge in [0.2, 0.25) is 5.89 Å². The Morgan fingerprint density at radius 1 is 1.24 bits per heavy atom. The van der Waals surface area contributed by atoms with Crippen molar-refractivity contribution in [1.29, 1.82) is 0 Å². The van der Waals surface area contributed by atoms with E-state index in [4.69, 9.17) is 14.0 Å². The maximum atomic E-state index is 5.35. The van der Waals surface area contributed by atoms with E-state index in [9.17, 15) is 0 Å². The summed E-state index contributed by atoms with van der Waals surface area (Å²) < 4.78 is 15.6. The summed E-state index contributed by atoms with van der Waals surface area (Å²) in [6.45, 7) is 2.91. The zero-order chi connectivity index (χ0) is 15.1. The number of hydrogen-bond donors (Lipinski definition) is 1. The molecule has 0 aliphatic rings. The Morgan fingerprint density at radius 2 is 2.05 bits per heavy atom. The summed E-state index contributed by atoms with van der Waals surface area (Å²) in [5.41, 5.74) is 1.17. The van der Waals surface area contributed by atoms with Gasteiger partial charge in [0.15, 0.2) is 17.8 Å². The van der Waals surface area contributed by atoms with Crippen molar-refractivity contribution >= 4 is 0 Å². The topological polar surface area (TPSA) is 69.4 Å². The largest absolute Gasteiger partial charge is 0.493 e. The third-order valence-corrected chi connectivity index (χ3v) is 3.35. The molecule has 2 aromatic rings. The van der Waals surface area contributed by atoms with Crippen LogP contribution in [-0.2, 0) is 6.42 Å². The van der Waals surface area contributed by atoms with Crippen LogP contribution in [0.15, 0.2) is 29.0 Å². The van der Waals surface area contributed by atoms with Crippen LogP contribution in [0.1, 0.15) is 30.8 Å². The van der Waals surface area contributed by atoms with E-state index in [1.165, 1.54) is 11.9 Å². The summed E-state index contributed by atoms with van der Waals surface area (Å²) in [6.07, 6.45) is 3.10. The third kappa shape index (κ3) is 3.95. The van der Waals surface area contributed by atoms with Crippen molar-refractivity contribution in [2.45, 2.75) is 25.8 Å². The molecule has 21 heavy (non-hydrogen) atoms. The zero-order valence-corrected chi connectivity index (χ0v) is 12.6. The molecule has 1 aromatic carbocycles. The van der Waals surface area contributed by atoms with E-state index in [1.54, 1.807) is 14.2 Å². The fourth-order valence-electron chi connectivity index (χ4n) is 2.23. The van der Waals surface area contributed by atoms with Crippen LogP contribution < -0.4 is 14.8 Å². The van der Waals surface area contributed by atoms with Crippen LogP contribution in [0, 0.1) is 0 Å². The minimum atomic E-state index is 0.243. The second-order valence-electron chi connectivity index (χ2n) is 4.61. The van der Waals surface area contributed by atoms with E-state index < -0.39 is 0 Å². The van der Waals surface area contributed by atoms with Crippen molar-refractivity contribution < 1.29 is 14.0 Å². The van der Waals surface area contributed by atoms with Crippen LogP contribution in [0.2, 0.25) is 0 Å². The molecule has 1 unspecified atom stereocenters. The number of rotatable bonds is 8. The lowest BCUT2D eigenvalue weighted by Crippen LogP contribution is -2.23. The van der Waals surface area contributed by atoms with E-state index >= 15 is 0 Å². The van der Waals surface area contributed by atoms with E-state index in [0.717, 1.165) is 24.5 Å². The number of nitrogens with one attached hydrogen (secondary N) is 1. The van der Waals surface area contributed by atoms with Crippen LogP contribution in [0.4, 0.5) is 0 Å². The highest BCUT2D eigenvalue weighted by atomic mass is 16.5. The van der Waals surface area contributed by atoms with E-state index in [2.05, 4.69) is 28.4 Å². The van der Waals surface area contributed by atoms with Gasteiger partial charge in [0, 0.05) is 19.0 Å². The summed E-state index contributed by atoms with van der Waals surface area (Å²) in [6, 6.07) is 6.23. The van der Waals surface area contributed by atoms with Gasteiger partial charge in [-0.05, 0) is 24.1 Å². The van der Waals surface area contributed by atoms with Crippen LogP contribution in [0.25, 0.3) is 0 Å². The quantitative estimate of drug-likeness (QED) is 0.805. The predicted molar refractivity (Wildman–Crippen MR) is 78.6 cm³/mol. The molecule has 2 rings (SSSR count). The lowest BCUT2D eigenvalue weighted by atomic mass is 10.0. The van der Waals surface area contributed by atoms with Gasteiger partial charge in [-0.25, -0.2) is 0 Å². The molecule has 0 fully saturated rings. The van der Waals surface area contributed by atoms with Gasteiger partial charge in [0.05, 0.1) is 14.2 Å². The van der Waals surface area contributed by atoms with Crippen molar-refractivity contribution in [3.8, 4) is 11.5 Å². The maximum absolute atomic E-state index is 5.35. The van der Waals surface area contributed by atoms with Crippen molar-refractivity contribution in [3.05, 3.63) is 36.0 Å². The van der Waals surface area contributed by atoms with Crippen LogP contribution >= 0.6 is 0 Å². The minimum Gasteiger partial charge on any atom is -0.493 e. The number of aromatic nitrogens is 2. The molecular formula is C15H21N3O3. The first kappa shape index (κ1) is 15.3. The van der Waals surface area contributed by atoms with Gasteiger partial charge in [-0.1, -0.05) is 18.1 Å². The Kier molecular flexibility index (Phi) is 5.57. The average molecular weight is 291 g/mol. The molecule has 0 saturated carbocycles. The maximum Gasteiger partial charge on any atom is 0.227 e.